The van der Waals surface area contributed by atoms with E-state index >= 15 is 0 Å². The fraction of sp³-hybridized carbons (Fsp3) is 0.125. The molecule has 1 aliphatic carbocycles. The van der Waals surface area contributed by atoms with Gasteiger partial charge in [-0.1, -0.05) is 24.3 Å². The Morgan fingerprint density at radius 2 is 1.10 bits per heavy atom. The van der Waals surface area contributed by atoms with E-state index in [2.05, 4.69) is 24.3 Å². The summed E-state index contributed by atoms with van der Waals surface area (Å²) >= 11 is 0. The fourth-order valence-corrected chi connectivity index (χ4v) is 0.393. The molecule has 0 saturated carbocycles. The molecule has 0 spiro atoms. The molecule has 0 aromatic heterocycles. The van der Waals surface area contributed by atoms with Crippen LogP contribution in [0.4, 0.5) is 0 Å². The van der Waals surface area contributed by atoms with Gasteiger partial charge in [0.05, 0.1) is 0 Å². The Balaban J connectivity index is -0.0000000167. The van der Waals surface area contributed by atoms with Crippen LogP contribution in [0.25, 0.3) is 0 Å². The van der Waals surface area contributed by atoms with Crippen LogP contribution in [0.3, 0.4) is 0 Å². The van der Waals surface area contributed by atoms with Crippen molar-refractivity contribution in [1.29, 1.82) is 0 Å². The number of rotatable bonds is 0. The quantitative estimate of drug-likeness (QED) is 0.401. The molecule has 0 N–H and O–H groups in total. The van der Waals surface area contributed by atoms with Gasteiger partial charge in [0.1, 0.15) is 0 Å². The van der Waals surface area contributed by atoms with Crippen molar-refractivity contribution in [3.8, 4) is 0 Å². The van der Waals surface area contributed by atoms with Crippen molar-refractivity contribution < 1.29 is 21.7 Å². The van der Waals surface area contributed by atoms with Crippen LogP contribution in [0.2, 0.25) is 0 Å². The van der Waals surface area contributed by atoms with Crippen molar-refractivity contribution in [2.75, 3.05) is 0 Å². The largest absolute Gasteiger partial charge is 3.00 e. The first kappa shape index (κ1) is 30.9. The van der Waals surface area contributed by atoms with Crippen LogP contribution in [-0.4, -0.2) is 17.4 Å². The van der Waals surface area contributed by atoms with Gasteiger partial charge < -0.3 is 22.3 Å². The first-order valence-electron chi connectivity index (χ1n) is 1.82. The molecule has 0 fully saturated rings. The minimum Gasteiger partial charge on any atom is -0.358 e. The van der Waals surface area contributed by atoms with Gasteiger partial charge in [-0.25, -0.2) is 0 Å². The molecule has 1 aliphatic rings. The third-order valence-electron chi connectivity index (χ3n) is 0.655. The maximum Gasteiger partial charge on any atom is 3.00 e. The second kappa shape index (κ2) is 22.6. The maximum absolute atomic E-state index is 2.12. The number of allylic oxidation sites excluding steroid dienone is 4. The second-order valence-electron chi connectivity index (χ2n) is 1.09. The van der Waals surface area contributed by atoms with Crippen LogP contribution in [0, 0.1) is 22.3 Å². The summed E-state index contributed by atoms with van der Waals surface area (Å²) in [6.45, 7) is 0. The summed E-state index contributed by atoms with van der Waals surface area (Å²) in [7, 11) is 0. The van der Waals surface area contributed by atoms with Crippen molar-refractivity contribution in [3.63, 3.8) is 0 Å². The zero-order chi connectivity index (χ0) is 3.54. The molecule has 0 bridgehead atoms. The average molecular weight is 189 g/mol. The zero-order valence-corrected chi connectivity index (χ0v) is 8.08. The van der Waals surface area contributed by atoms with Gasteiger partial charge in [0.2, 0.25) is 0 Å². The SMILES string of the molecule is C1=CCC=C1.[AlH3].[CH3-].[CH3-].[CH3-].[Ti+3]. The predicted molar refractivity (Wildman–Crippen MR) is 52.1 cm³/mol. The van der Waals surface area contributed by atoms with E-state index in [4.69, 9.17) is 0 Å². The summed E-state index contributed by atoms with van der Waals surface area (Å²) < 4.78 is 0. The molecule has 0 nitrogen and oxygen atoms in total. The average Bonchev–Trinajstić information content (AvgIpc) is 1.76. The van der Waals surface area contributed by atoms with Gasteiger partial charge in [0.25, 0.3) is 0 Å². The minimum atomic E-state index is 0. The van der Waals surface area contributed by atoms with E-state index in [0.717, 1.165) is 6.42 Å². The molecule has 2 heteroatoms. The van der Waals surface area contributed by atoms with Gasteiger partial charge >= 0.3 is 21.7 Å². The molecule has 57 valence electrons. The van der Waals surface area contributed by atoms with Gasteiger partial charge in [-0.3, -0.25) is 0 Å². The second-order valence-corrected chi connectivity index (χ2v) is 1.09. The fourth-order valence-electron chi connectivity index (χ4n) is 0.393. The Morgan fingerprint density at radius 1 is 0.800 bits per heavy atom. The van der Waals surface area contributed by atoms with E-state index in [1.165, 1.54) is 0 Å². The topological polar surface area (TPSA) is 0 Å². The van der Waals surface area contributed by atoms with E-state index in [1.54, 1.807) is 0 Å². The number of hydrogen-bond donors (Lipinski definition) is 0. The molecular formula is C8H18AlTi. The summed E-state index contributed by atoms with van der Waals surface area (Å²) in [4.78, 5) is 0. The van der Waals surface area contributed by atoms with Crippen LogP contribution in [0.5, 0.6) is 0 Å². The van der Waals surface area contributed by atoms with Gasteiger partial charge in [0.15, 0.2) is 17.4 Å². The Bertz CT molecular complexity index is 67.3. The Kier molecular flexibility index (Phi) is 69.9. The van der Waals surface area contributed by atoms with E-state index in [0.29, 0.717) is 0 Å². The molecule has 0 amide bonds. The molecule has 10 heavy (non-hydrogen) atoms. The summed E-state index contributed by atoms with van der Waals surface area (Å²) in [6.07, 6.45) is 9.50. The third kappa shape index (κ3) is 15.9. The maximum atomic E-state index is 2.12. The van der Waals surface area contributed by atoms with Crippen molar-refractivity contribution in [1.82, 2.24) is 0 Å². The van der Waals surface area contributed by atoms with Gasteiger partial charge in [-0.05, 0) is 6.42 Å². The van der Waals surface area contributed by atoms with E-state index in [1.807, 2.05) is 0 Å². The van der Waals surface area contributed by atoms with Gasteiger partial charge in [-0.15, -0.1) is 0 Å². The van der Waals surface area contributed by atoms with E-state index in [9.17, 15) is 0 Å². The van der Waals surface area contributed by atoms with Crippen LogP contribution in [0.1, 0.15) is 6.42 Å². The first-order chi connectivity index (χ1) is 2.50. The van der Waals surface area contributed by atoms with Crippen molar-refractivity contribution in [2.45, 2.75) is 6.42 Å². The minimum absolute atomic E-state index is 0. The molecule has 1 radical (unpaired) electrons. The van der Waals surface area contributed by atoms with Crippen LogP contribution in [0.15, 0.2) is 24.3 Å². The Labute approximate surface area is 91.8 Å². The van der Waals surface area contributed by atoms with Crippen molar-refractivity contribution >= 4 is 17.4 Å². The van der Waals surface area contributed by atoms with E-state index in [-0.39, 0.29) is 61.4 Å². The van der Waals surface area contributed by atoms with Crippen LogP contribution < -0.4 is 0 Å². The third-order valence-corrected chi connectivity index (χ3v) is 0.655. The predicted octanol–water partition coefficient (Wildman–Crippen LogP) is 1.67. The van der Waals surface area contributed by atoms with Gasteiger partial charge in [0, 0.05) is 0 Å². The monoisotopic (exact) mass is 189 g/mol. The Hall–Kier alpha value is 0.727. The summed E-state index contributed by atoms with van der Waals surface area (Å²) in [6, 6.07) is 0. The van der Waals surface area contributed by atoms with Gasteiger partial charge in [-0.2, -0.15) is 0 Å². The molecular weight excluding hydrogens is 171 g/mol. The molecule has 0 atom stereocenters. The zero-order valence-electron chi connectivity index (χ0n) is 6.52. The van der Waals surface area contributed by atoms with E-state index < -0.39 is 0 Å². The molecule has 0 aromatic carbocycles. The Morgan fingerprint density at radius 3 is 1.20 bits per heavy atom. The summed E-state index contributed by atoms with van der Waals surface area (Å²) in [5.41, 5.74) is 0. The first-order valence-corrected chi connectivity index (χ1v) is 1.82. The smallest absolute Gasteiger partial charge is 0.358 e. The van der Waals surface area contributed by atoms with Crippen molar-refractivity contribution in [3.05, 3.63) is 46.6 Å². The normalized spacial score (nSPS) is 8.80. The molecule has 0 aromatic rings. The molecule has 0 saturated heterocycles. The standard InChI is InChI=1S/C5H6.3CH3.Al.Ti.3H/c1-2-4-5-3-1;;;;;;;;/h1-4H,5H2;3*1H3;;;;;/q;3*-1;;+3;;;. The summed E-state index contributed by atoms with van der Waals surface area (Å²) in [5, 5.41) is 0. The molecule has 0 aliphatic heterocycles. The van der Waals surface area contributed by atoms with Crippen molar-refractivity contribution in [2.24, 2.45) is 0 Å². The summed E-state index contributed by atoms with van der Waals surface area (Å²) in [5.74, 6) is 0. The number of hydrogen-bond acceptors (Lipinski definition) is 0. The molecule has 0 unspecified atom stereocenters. The van der Waals surface area contributed by atoms with Crippen LogP contribution in [-0.2, 0) is 21.7 Å². The molecule has 0 heterocycles. The van der Waals surface area contributed by atoms with Crippen LogP contribution >= 0.6 is 0 Å². The molecule has 1 rings (SSSR count).